The van der Waals surface area contributed by atoms with E-state index in [1.807, 2.05) is 53.2 Å². The van der Waals surface area contributed by atoms with Gasteiger partial charge in [0.05, 0.1) is 12.6 Å². The summed E-state index contributed by atoms with van der Waals surface area (Å²) in [5.41, 5.74) is 1.91. The van der Waals surface area contributed by atoms with Gasteiger partial charge in [-0.05, 0) is 72.5 Å². The Bertz CT molecular complexity index is 1540. The Kier molecular flexibility index (Phi) is 6.90. The molecule has 0 bridgehead atoms. The van der Waals surface area contributed by atoms with Crippen molar-refractivity contribution in [2.45, 2.75) is 45.4 Å². The van der Waals surface area contributed by atoms with Gasteiger partial charge in [0, 0.05) is 34.4 Å². The first-order valence-electron chi connectivity index (χ1n) is 12.1. The van der Waals surface area contributed by atoms with Crippen LogP contribution in [0, 0.1) is 0 Å². The Morgan fingerprint density at radius 1 is 1.05 bits per heavy atom. The van der Waals surface area contributed by atoms with Crippen LogP contribution in [-0.4, -0.2) is 37.2 Å². The molecule has 0 unspecified atom stereocenters. The summed E-state index contributed by atoms with van der Waals surface area (Å²) < 4.78 is 7.27. The number of pyridine rings is 1. The molecule has 0 aliphatic carbocycles. The van der Waals surface area contributed by atoms with Crippen molar-refractivity contribution in [1.82, 2.24) is 30.1 Å². The fourth-order valence-corrected chi connectivity index (χ4v) is 5.26. The fourth-order valence-electron chi connectivity index (χ4n) is 4.53. The first-order valence-corrected chi connectivity index (χ1v) is 13.0. The molecule has 3 aromatic heterocycles. The zero-order valence-corrected chi connectivity index (χ0v) is 22.2. The van der Waals surface area contributed by atoms with Crippen molar-refractivity contribution < 1.29 is 4.74 Å². The predicted octanol–water partition coefficient (Wildman–Crippen LogP) is 5.13. The summed E-state index contributed by atoms with van der Waals surface area (Å²) in [6.45, 7) is 7.40. The number of nitrogens with zero attached hydrogens (tertiary/aromatic N) is 5. The van der Waals surface area contributed by atoms with Gasteiger partial charge >= 0.3 is 0 Å². The van der Waals surface area contributed by atoms with Crippen molar-refractivity contribution in [1.29, 1.82) is 0 Å². The van der Waals surface area contributed by atoms with Crippen molar-refractivity contribution in [2.24, 2.45) is 0 Å². The molecule has 0 aliphatic heterocycles. The standard InChI is InChI=1S/C28H30N6O2S/c1-28(2,3)34-26(30-31-32-34)25(23-16-20-15-21(36-4)12-13-24(20)29-27(23)35)33(18-22-11-8-14-37-22)17-19-9-6-5-7-10-19/h5-16,25H,17-18H2,1-4H3,(H,29,35)/t25-/m1/s1. The molecule has 3 heterocycles. The van der Waals surface area contributed by atoms with E-state index in [4.69, 9.17) is 4.74 Å². The van der Waals surface area contributed by atoms with Crippen LogP contribution in [0.1, 0.15) is 48.6 Å². The van der Waals surface area contributed by atoms with Gasteiger partial charge in [0.2, 0.25) is 0 Å². The van der Waals surface area contributed by atoms with E-state index in [-0.39, 0.29) is 11.1 Å². The minimum atomic E-state index is -0.504. The monoisotopic (exact) mass is 514 g/mol. The number of tetrazole rings is 1. The first-order chi connectivity index (χ1) is 17.8. The van der Waals surface area contributed by atoms with Crippen molar-refractivity contribution in [3.8, 4) is 5.75 Å². The van der Waals surface area contributed by atoms with E-state index in [0.29, 0.717) is 24.5 Å². The number of hydrogen-bond acceptors (Lipinski definition) is 7. The van der Waals surface area contributed by atoms with Gasteiger partial charge < -0.3 is 9.72 Å². The third-order valence-electron chi connectivity index (χ3n) is 6.28. The van der Waals surface area contributed by atoms with Crippen LogP contribution in [0.25, 0.3) is 10.9 Å². The number of methoxy groups -OCH3 is 1. The highest BCUT2D eigenvalue weighted by molar-refractivity contribution is 7.09. The van der Waals surface area contributed by atoms with Crippen LogP contribution in [0.5, 0.6) is 5.75 Å². The van der Waals surface area contributed by atoms with Crippen LogP contribution in [0.15, 0.2) is 76.9 Å². The lowest BCUT2D eigenvalue weighted by Gasteiger charge is -2.32. The number of hydrogen-bond donors (Lipinski definition) is 1. The van der Waals surface area contributed by atoms with Crippen LogP contribution in [0.4, 0.5) is 0 Å². The highest BCUT2D eigenvalue weighted by Gasteiger charge is 2.33. The summed E-state index contributed by atoms with van der Waals surface area (Å²) in [5.74, 6) is 1.34. The third-order valence-corrected chi connectivity index (χ3v) is 7.14. The van der Waals surface area contributed by atoms with E-state index in [1.54, 1.807) is 18.4 Å². The molecule has 0 saturated heterocycles. The molecule has 1 N–H and O–H groups in total. The zero-order valence-electron chi connectivity index (χ0n) is 21.4. The minimum Gasteiger partial charge on any atom is -0.497 e. The number of ether oxygens (including phenoxy) is 1. The Morgan fingerprint density at radius 2 is 1.86 bits per heavy atom. The average Bonchev–Trinajstić information content (AvgIpc) is 3.57. The van der Waals surface area contributed by atoms with Crippen molar-refractivity contribution in [3.05, 3.63) is 104 Å². The van der Waals surface area contributed by atoms with E-state index in [1.165, 1.54) is 4.88 Å². The second-order valence-electron chi connectivity index (χ2n) is 10.00. The van der Waals surface area contributed by atoms with Crippen molar-refractivity contribution >= 4 is 22.2 Å². The topological polar surface area (TPSA) is 88.9 Å². The van der Waals surface area contributed by atoms with Crippen LogP contribution in [-0.2, 0) is 18.6 Å². The molecule has 5 rings (SSSR count). The molecule has 0 saturated carbocycles. The molecule has 0 spiro atoms. The molecule has 0 fully saturated rings. The number of rotatable bonds is 8. The van der Waals surface area contributed by atoms with Crippen LogP contribution in [0.2, 0.25) is 0 Å². The molecule has 37 heavy (non-hydrogen) atoms. The maximum absolute atomic E-state index is 13.7. The number of thiophene rings is 1. The molecule has 0 amide bonds. The number of aromatic nitrogens is 5. The third kappa shape index (κ3) is 5.33. The normalized spacial score (nSPS) is 12.8. The van der Waals surface area contributed by atoms with Gasteiger partial charge in [0.25, 0.3) is 5.56 Å². The maximum atomic E-state index is 13.7. The molecular weight excluding hydrogens is 484 g/mol. The number of H-pyrrole nitrogens is 1. The predicted molar refractivity (Wildman–Crippen MR) is 146 cm³/mol. The van der Waals surface area contributed by atoms with Crippen molar-refractivity contribution in [3.63, 3.8) is 0 Å². The number of benzene rings is 2. The van der Waals surface area contributed by atoms with E-state index < -0.39 is 6.04 Å². The number of aromatic amines is 1. The minimum absolute atomic E-state index is 0.171. The largest absolute Gasteiger partial charge is 0.497 e. The van der Waals surface area contributed by atoms with E-state index >= 15 is 0 Å². The summed E-state index contributed by atoms with van der Waals surface area (Å²) in [6.07, 6.45) is 0. The van der Waals surface area contributed by atoms with Gasteiger partial charge in [-0.3, -0.25) is 9.69 Å². The number of nitrogens with one attached hydrogen (secondary N) is 1. The lowest BCUT2D eigenvalue weighted by atomic mass is 10.0. The maximum Gasteiger partial charge on any atom is 0.253 e. The molecule has 190 valence electrons. The molecule has 1 atom stereocenters. The van der Waals surface area contributed by atoms with Crippen molar-refractivity contribution in [2.75, 3.05) is 7.11 Å². The summed E-state index contributed by atoms with van der Waals surface area (Å²) in [7, 11) is 1.64. The Balaban J connectivity index is 1.73. The van der Waals surface area contributed by atoms with E-state index in [0.717, 1.165) is 22.2 Å². The molecular formula is C28H30N6O2S. The Labute approximate surface area is 219 Å². The molecule has 8 nitrogen and oxygen atoms in total. The number of fused-ring (bicyclic) bond motifs is 1. The highest BCUT2D eigenvalue weighted by atomic mass is 32.1. The molecule has 9 heteroatoms. The average molecular weight is 515 g/mol. The zero-order chi connectivity index (χ0) is 26.0. The van der Waals surface area contributed by atoms with Gasteiger partial charge in [0.1, 0.15) is 11.8 Å². The quantitative estimate of drug-likeness (QED) is 0.309. The van der Waals surface area contributed by atoms with Gasteiger partial charge in [0.15, 0.2) is 5.82 Å². The summed E-state index contributed by atoms with van der Waals surface area (Å²) in [4.78, 5) is 20.2. The molecule has 2 aromatic carbocycles. The Hall–Kier alpha value is -3.82. The summed E-state index contributed by atoms with van der Waals surface area (Å²) in [5, 5.41) is 15.8. The van der Waals surface area contributed by atoms with E-state index in [9.17, 15) is 4.79 Å². The Morgan fingerprint density at radius 3 is 2.57 bits per heavy atom. The van der Waals surface area contributed by atoms with Gasteiger partial charge in [-0.15, -0.1) is 16.4 Å². The highest BCUT2D eigenvalue weighted by Crippen LogP contribution is 2.33. The van der Waals surface area contributed by atoms with Gasteiger partial charge in [-0.2, -0.15) is 0 Å². The lowest BCUT2D eigenvalue weighted by molar-refractivity contribution is 0.186. The second kappa shape index (κ2) is 10.3. The fraction of sp³-hybridized carbons (Fsp3) is 0.286. The van der Waals surface area contributed by atoms with Crippen LogP contribution in [0.3, 0.4) is 0 Å². The molecule has 0 radical (unpaired) electrons. The molecule has 5 aromatic rings. The smallest absolute Gasteiger partial charge is 0.253 e. The van der Waals surface area contributed by atoms with Crippen LogP contribution >= 0.6 is 11.3 Å². The second-order valence-corrected chi connectivity index (χ2v) is 11.0. The van der Waals surface area contributed by atoms with Gasteiger partial charge in [-0.1, -0.05) is 36.4 Å². The lowest BCUT2D eigenvalue weighted by Crippen LogP contribution is -2.37. The van der Waals surface area contributed by atoms with Crippen LogP contribution < -0.4 is 10.3 Å². The first kappa shape index (κ1) is 24.9. The SMILES string of the molecule is COc1ccc2[nH]c(=O)c([C@H](c3nnnn3C(C)(C)C)N(Cc3ccccc3)Cc3cccs3)cc2c1. The van der Waals surface area contributed by atoms with E-state index in [2.05, 4.69) is 69.8 Å². The summed E-state index contributed by atoms with van der Waals surface area (Å²) >= 11 is 1.69. The molecule has 0 aliphatic rings. The van der Waals surface area contributed by atoms with Gasteiger partial charge in [-0.25, -0.2) is 4.68 Å². The summed E-state index contributed by atoms with van der Waals surface area (Å²) in [6, 6.07) is 21.5.